The maximum absolute atomic E-state index is 11.7. The van der Waals surface area contributed by atoms with Crippen LogP contribution in [0, 0.1) is 0 Å². The number of amides is 1. The number of aromatic nitrogens is 3. The summed E-state index contributed by atoms with van der Waals surface area (Å²) >= 11 is 1.64. The summed E-state index contributed by atoms with van der Waals surface area (Å²) in [6.07, 6.45) is 4.91. The van der Waals surface area contributed by atoms with Gasteiger partial charge in [-0.3, -0.25) is 4.79 Å². The number of carbonyl (C=O) groups is 1. The van der Waals surface area contributed by atoms with E-state index >= 15 is 0 Å². The molecule has 0 unspecified atom stereocenters. The molecule has 1 aromatic carbocycles. The highest BCUT2D eigenvalue weighted by atomic mass is 32.2. The minimum absolute atomic E-state index is 0.117. The first-order valence-electron chi connectivity index (χ1n) is 5.04. The Morgan fingerprint density at radius 3 is 3.12 bits per heavy atom. The van der Waals surface area contributed by atoms with Gasteiger partial charge in [-0.25, -0.2) is 9.67 Å². The van der Waals surface area contributed by atoms with Gasteiger partial charge < -0.3 is 5.32 Å². The Labute approximate surface area is 103 Å². The Balaban J connectivity index is 1.98. The third kappa shape index (κ3) is 3.32. The molecule has 1 N–H and O–H groups in total. The van der Waals surface area contributed by atoms with Crippen LogP contribution in [0.4, 0.5) is 5.69 Å². The van der Waals surface area contributed by atoms with E-state index < -0.39 is 0 Å². The minimum Gasteiger partial charge on any atom is -0.324 e. The normalized spacial score (nSPS) is 10.2. The largest absolute Gasteiger partial charge is 0.324 e. The van der Waals surface area contributed by atoms with Crippen molar-refractivity contribution < 1.29 is 4.79 Å². The fourth-order valence-electron chi connectivity index (χ4n) is 1.36. The van der Waals surface area contributed by atoms with Gasteiger partial charge in [0.2, 0.25) is 5.91 Å². The van der Waals surface area contributed by atoms with Crippen LogP contribution in [0.15, 0.2) is 41.8 Å². The number of hydrogen-bond acceptors (Lipinski definition) is 4. The molecule has 17 heavy (non-hydrogen) atoms. The molecular weight excluding hydrogens is 236 g/mol. The fraction of sp³-hybridized carbons (Fsp3) is 0.182. The lowest BCUT2D eigenvalue weighted by Gasteiger charge is -2.06. The molecule has 0 radical (unpaired) electrons. The van der Waals surface area contributed by atoms with Crippen molar-refractivity contribution in [3.05, 3.63) is 36.9 Å². The monoisotopic (exact) mass is 248 g/mol. The van der Waals surface area contributed by atoms with E-state index in [1.807, 2.05) is 30.5 Å². The van der Waals surface area contributed by atoms with Crippen LogP contribution >= 0.6 is 11.8 Å². The quantitative estimate of drug-likeness (QED) is 0.836. The van der Waals surface area contributed by atoms with E-state index in [4.69, 9.17) is 0 Å². The summed E-state index contributed by atoms with van der Waals surface area (Å²) in [5, 5.41) is 6.69. The first-order valence-corrected chi connectivity index (χ1v) is 6.27. The van der Waals surface area contributed by atoms with E-state index in [1.165, 1.54) is 17.3 Å². The van der Waals surface area contributed by atoms with E-state index in [0.29, 0.717) is 0 Å². The highest BCUT2D eigenvalue weighted by molar-refractivity contribution is 7.98. The molecule has 2 aromatic rings. The lowest BCUT2D eigenvalue weighted by atomic mass is 10.3. The number of hydrogen-bond donors (Lipinski definition) is 1. The van der Waals surface area contributed by atoms with Crippen LogP contribution in [-0.4, -0.2) is 26.9 Å². The van der Waals surface area contributed by atoms with Crippen molar-refractivity contribution in [2.45, 2.75) is 11.4 Å². The second kappa shape index (κ2) is 5.49. The Morgan fingerprint density at radius 2 is 2.41 bits per heavy atom. The second-order valence-corrected chi connectivity index (χ2v) is 4.25. The summed E-state index contributed by atoms with van der Waals surface area (Å²) in [7, 11) is 0. The van der Waals surface area contributed by atoms with Gasteiger partial charge in [-0.05, 0) is 24.5 Å². The lowest BCUT2D eigenvalue weighted by Crippen LogP contribution is -2.18. The van der Waals surface area contributed by atoms with Crippen LogP contribution in [0.1, 0.15) is 0 Å². The van der Waals surface area contributed by atoms with Gasteiger partial charge in [-0.2, -0.15) is 5.10 Å². The SMILES string of the molecule is CSc1cccc(NC(=O)Cn2cncn2)c1. The topological polar surface area (TPSA) is 59.8 Å². The van der Waals surface area contributed by atoms with Crippen molar-refractivity contribution in [2.75, 3.05) is 11.6 Å². The van der Waals surface area contributed by atoms with Gasteiger partial charge in [0, 0.05) is 10.6 Å². The molecule has 0 atom stereocenters. The third-order valence-electron chi connectivity index (χ3n) is 2.13. The molecule has 0 bridgehead atoms. The van der Waals surface area contributed by atoms with Gasteiger partial charge in [0.15, 0.2) is 0 Å². The van der Waals surface area contributed by atoms with Crippen LogP contribution in [0.2, 0.25) is 0 Å². The fourth-order valence-corrected chi connectivity index (χ4v) is 1.82. The van der Waals surface area contributed by atoms with Crippen LogP contribution in [-0.2, 0) is 11.3 Å². The molecule has 0 aliphatic rings. The van der Waals surface area contributed by atoms with E-state index in [1.54, 1.807) is 11.8 Å². The van der Waals surface area contributed by atoms with Crippen LogP contribution in [0.25, 0.3) is 0 Å². The van der Waals surface area contributed by atoms with E-state index in [9.17, 15) is 4.79 Å². The van der Waals surface area contributed by atoms with Crippen molar-refractivity contribution in [3.8, 4) is 0 Å². The van der Waals surface area contributed by atoms with Crippen molar-refractivity contribution >= 4 is 23.4 Å². The number of rotatable bonds is 4. The number of benzene rings is 1. The molecule has 0 spiro atoms. The maximum Gasteiger partial charge on any atom is 0.246 e. The average Bonchev–Trinajstić information content (AvgIpc) is 2.82. The summed E-state index contributed by atoms with van der Waals surface area (Å²) in [5.41, 5.74) is 0.793. The summed E-state index contributed by atoms with van der Waals surface area (Å²) in [5.74, 6) is -0.117. The molecule has 0 aliphatic carbocycles. The zero-order valence-corrected chi connectivity index (χ0v) is 10.1. The first-order chi connectivity index (χ1) is 8.28. The molecule has 5 nitrogen and oxygen atoms in total. The smallest absolute Gasteiger partial charge is 0.246 e. The first kappa shape index (κ1) is 11.7. The van der Waals surface area contributed by atoms with Crippen molar-refractivity contribution in [2.24, 2.45) is 0 Å². The standard InChI is InChI=1S/C11H12N4OS/c1-17-10-4-2-3-9(5-10)14-11(16)6-15-8-12-7-13-15/h2-5,7-8H,6H2,1H3,(H,14,16). The highest BCUT2D eigenvalue weighted by Gasteiger charge is 2.04. The van der Waals surface area contributed by atoms with Gasteiger partial charge >= 0.3 is 0 Å². The van der Waals surface area contributed by atoms with Gasteiger partial charge in [0.1, 0.15) is 19.2 Å². The van der Waals surface area contributed by atoms with Gasteiger partial charge in [0.05, 0.1) is 0 Å². The lowest BCUT2D eigenvalue weighted by molar-refractivity contribution is -0.116. The number of nitrogens with one attached hydrogen (secondary N) is 1. The maximum atomic E-state index is 11.7. The zero-order valence-electron chi connectivity index (χ0n) is 9.33. The van der Waals surface area contributed by atoms with Gasteiger partial charge in [-0.1, -0.05) is 6.07 Å². The molecule has 0 saturated carbocycles. The van der Waals surface area contributed by atoms with E-state index in [-0.39, 0.29) is 12.5 Å². The summed E-state index contributed by atoms with van der Waals surface area (Å²) < 4.78 is 1.48. The molecule has 0 aliphatic heterocycles. The minimum atomic E-state index is -0.117. The number of anilines is 1. The molecule has 2 rings (SSSR count). The Morgan fingerprint density at radius 1 is 1.53 bits per heavy atom. The van der Waals surface area contributed by atoms with Gasteiger partial charge in [-0.15, -0.1) is 11.8 Å². The predicted molar refractivity (Wildman–Crippen MR) is 66.9 cm³/mol. The van der Waals surface area contributed by atoms with E-state index in [2.05, 4.69) is 15.4 Å². The molecule has 0 saturated heterocycles. The number of nitrogens with zero attached hydrogens (tertiary/aromatic N) is 3. The summed E-state index contributed by atoms with van der Waals surface area (Å²) in [6.45, 7) is 0.170. The van der Waals surface area contributed by atoms with Crippen molar-refractivity contribution in [1.82, 2.24) is 14.8 Å². The molecule has 1 heterocycles. The van der Waals surface area contributed by atoms with Crippen molar-refractivity contribution in [1.29, 1.82) is 0 Å². The summed E-state index contributed by atoms with van der Waals surface area (Å²) in [6, 6.07) is 7.71. The molecule has 1 amide bonds. The highest BCUT2D eigenvalue weighted by Crippen LogP contribution is 2.18. The van der Waals surface area contributed by atoms with E-state index in [0.717, 1.165) is 10.6 Å². The average molecular weight is 248 g/mol. The molecular formula is C11H12N4OS. The molecule has 6 heteroatoms. The Hall–Kier alpha value is -1.82. The Kier molecular flexibility index (Phi) is 3.77. The van der Waals surface area contributed by atoms with Crippen molar-refractivity contribution in [3.63, 3.8) is 0 Å². The van der Waals surface area contributed by atoms with Crippen LogP contribution in [0.3, 0.4) is 0 Å². The molecule has 0 fully saturated rings. The number of carbonyl (C=O) groups excluding carboxylic acids is 1. The van der Waals surface area contributed by atoms with Crippen LogP contribution < -0.4 is 5.32 Å². The van der Waals surface area contributed by atoms with Gasteiger partial charge in [0.25, 0.3) is 0 Å². The second-order valence-electron chi connectivity index (χ2n) is 3.37. The molecule has 1 aromatic heterocycles. The zero-order chi connectivity index (χ0) is 12.1. The third-order valence-corrected chi connectivity index (χ3v) is 2.85. The van der Waals surface area contributed by atoms with Crippen LogP contribution in [0.5, 0.6) is 0 Å². The summed E-state index contributed by atoms with van der Waals surface area (Å²) in [4.78, 5) is 16.6. The molecule has 88 valence electrons. The predicted octanol–water partition coefficient (Wildman–Crippen LogP) is 1.64. The number of thioether (sulfide) groups is 1. The Bertz CT molecular complexity index is 498.